The molecule has 1 fully saturated rings. The maximum atomic E-state index is 12.7. The summed E-state index contributed by atoms with van der Waals surface area (Å²) in [6, 6.07) is 1.43. The zero-order chi connectivity index (χ0) is 23.0. The van der Waals surface area contributed by atoms with E-state index in [1.807, 2.05) is 16.2 Å². The Morgan fingerprint density at radius 1 is 1.41 bits per heavy atom. The lowest BCUT2D eigenvalue weighted by Gasteiger charge is -2.44. The SMILES string of the molecule is COc1cc(C)[nH]c(=O)c1CN1C=CC=C2C(C(=O)O)=C(Cl)C(C(C)C3CCOCC3)N21. The van der Waals surface area contributed by atoms with Gasteiger partial charge in [0.05, 0.1) is 36.0 Å². The van der Waals surface area contributed by atoms with Gasteiger partial charge in [-0.05, 0) is 49.8 Å². The van der Waals surface area contributed by atoms with E-state index in [1.165, 1.54) is 7.11 Å². The van der Waals surface area contributed by atoms with Crippen molar-refractivity contribution in [2.45, 2.75) is 39.3 Å². The first-order chi connectivity index (χ1) is 15.3. The average Bonchev–Trinajstić information content (AvgIpc) is 3.08. The van der Waals surface area contributed by atoms with Gasteiger partial charge >= 0.3 is 5.97 Å². The van der Waals surface area contributed by atoms with Crippen LogP contribution in [-0.4, -0.2) is 52.4 Å². The van der Waals surface area contributed by atoms with Gasteiger partial charge in [0.25, 0.3) is 5.56 Å². The Labute approximate surface area is 191 Å². The van der Waals surface area contributed by atoms with Gasteiger partial charge in [-0.2, -0.15) is 0 Å². The minimum atomic E-state index is -1.06. The molecule has 2 unspecified atom stereocenters. The average molecular weight is 462 g/mol. The first-order valence-corrected chi connectivity index (χ1v) is 11.1. The van der Waals surface area contributed by atoms with Crippen LogP contribution in [0.15, 0.2) is 45.5 Å². The molecule has 1 aromatic rings. The fourth-order valence-electron chi connectivity index (χ4n) is 4.88. The lowest BCUT2D eigenvalue weighted by atomic mass is 9.82. The summed E-state index contributed by atoms with van der Waals surface area (Å²) in [5.74, 6) is -0.142. The normalized spacial score (nSPS) is 22.1. The molecule has 0 spiro atoms. The molecule has 2 N–H and O–H groups in total. The highest BCUT2D eigenvalue weighted by molar-refractivity contribution is 6.33. The van der Waals surface area contributed by atoms with Gasteiger partial charge in [-0.25, -0.2) is 4.79 Å². The standard InChI is InChI=1S/C23H28ClN3O5/c1-13-11-18(31-3)16(22(28)25-13)12-26-8-4-5-17-19(23(29)30)20(24)21(27(17)26)14(2)15-6-9-32-10-7-15/h4-5,8,11,14-15,21H,6-7,9-10,12H2,1-3H3,(H,25,28)(H,29,30). The van der Waals surface area contributed by atoms with Gasteiger partial charge in [0.2, 0.25) is 0 Å². The maximum Gasteiger partial charge on any atom is 0.339 e. The third kappa shape index (κ3) is 3.93. The quantitative estimate of drug-likeness (QED) is 0.671. The van der Waals surface area contributed by atoms with E-state index in [-0.39, 0.29) is 29.6 Å². The summed E-state index contributed by atoms with van der Waals surface area (Å²) in [5, 5.41) is 14.0. The van der Waals surface area contributed by atoms with Crippen molar-refractivity contribution in [2.24, 2.45) is 11.8 Å². The molecule has 0 aromatic carbocycles. The van der Waals surface area contributed by atoms with E-state index in [0.717, 1.165) is 12.8 Å². The van der Waals surface area contributed by atoms with E-state index in [0.29, 0.717) is 46.9 Å². The number of rotatable bonds is 6. The van der Waals surface area contributed by atoms with Crippen LogP contribution in [0.5, 0.6) is 5.75 Å². The molecule has 1 aromatic heterocycles. The summed E-state index contributed by atoms with van der Waals surface area (Å²) in [6.45, 7) is 5.50. The molecule has 0 radical (unpaired) electrons. The molecule has 0 bridgehead atoms. The van der Waals surface area contributed by atoms with Crippen LogP contribution in [-0.2, 0) is 16.1 Å². The number of hydrogen-bond acceptors (Lipinski definition) is 6. The van der Waals surface area contributed by atoms with Crippen LogP contribution < -0.4 is 10.3 Å². The van der Waals surface area contributed by atoms with Gasteiger partial charge in [-0.3, -0.25) is 14.8 Å². The number of halogens is 1. The van der Waals surface area contributed by atoms with E-state index in [9.17, 15) is 14.7 Å². The van der Waals surface area contributed by atoms with Crippen molar-refractivity contribution in [3.63, 3.8) is 0 Å². The molecule has 32 heavy (non-hydrogen) atoms. The highest BCUT2D eigenvalue weighted by Gasteiger charge is 2.46. The third-order valence-electron chi connectivity index (χ3n) is 6.55. The molecule has 1 saturated heterocycles. The first-order valence-electron chi connectivity index (χ1n) is 10.8. The molecule has 2 atom stereocenters. The number of allylic oxidation sites excluding steroid dienone is 2. The molecule has 4 rings (SSSR count). The number of aromatic amines is 1. The number of carbonyl (C=O) groups is 1. The molecule has 9 heteroatoms. The number of methoxy groups -OCH3 is 1. The number of aryl methyl sites for hydroxylation is 1. The fraction of sp³-hybridized carbons (Fsp3) is 0.478. The number of hydrazine groups is 1. The van der Waals surface area contributed by atoms with Crippen LogP contribution in [0.2, 0.25) is 0 Å². The first kappa shape index (κ1) is 22.5. The van der Waals surface area contributed by atoms with Crippen molar-refractivity contribution >= 4 is 17.6 Å². The van der Waals surface area contributed by atoms with E-state index in [1.54, 1.807) is 25.1 Å². The Balaban J connectivity index is 1.73. The maximum absolute atomic E-state index is 12.7. The molecule has 8 nitrogen and oxygen atoms in total. The van der Waals surface area contributed by atoms with Crippen molar-refractivity contribution in [1.29, 1.82) is 0 Å². The van der Waals surface area contributed by atoms with E-state index < -0.39 is 5.97 Å². The van der Waals surface area contributed by atoms with Crippen molar-refractivity contribution in [3.05, 3.63) is 62.3 Å². The second kappa shape index (κ2) is 9.03. The van der Waals surface area contributed by atoms with E-state index in [4.69, 9.17) is 21.1 Å². The minimum Gasteiger partial charge on any atom is -0.496 e. The van der Waals surface area contributed by atoms with Crippen molar-refractivity contribution in [2.75, 3.05) is 20.3 Å². The van der Waals surface area contributed by atoms with E-state index >= 15 is 0 Å². The highest BCUT2D eigenvalue weighted by Crippen LogP contribution is 2.45. The number of hydrogen-bond donors (Lipinski definition) is 2. The van der Waals surface area contributed by atoms with Crippen molar-refractivity contribution in [3.8, 4) is 5.75 Å². The number of H-pyrrole nitrogens is 1. The van der Waals surface area contributed by atoms with Crippen LogP contribution in [0.1, 0.15) is 31.0 Å². The van der Waals surface area contributed by atoms with Gasteiger partial charge in [-0.15, -0.1) is 0 Å². The van der Waals surface area contributed by atoms with Crippen LogP contribution in [0.3, 0.4) is 0 Å². The molecule has 3 aliphatic heterocycles. The molecular formula is C23H28ClN3O5. The summed E-state index contributed by atoms with van der Waals surface area (Å²) in [5.41, 5.74) is 1.56. The number of ether oxygens (including phenoxy) is 2. The molecule has 0 aliphatic carbocycles. The second-order valence-electron chi connectivity index (χ2n) is 8.45. The summed E-state index contributed by atoms with van der Waals surface area (Å²) < 4.78 is 11.0. The van der Waals surface area contributed by atoms with Crippen LogP contribution in [0, 0.1) is 18.8 Å². The minimum absolute atomic E-state index is 0.0823. The number of pyridine rings is 1. The zero-order valence-corrected chi connectivity index (χ0v) is 19.2. The summed E-state index contributed by atoms with van der Waals surface area (Å²) in [4.78, 5) is 27.7. The van der Waals surface area contributed by atoms with Crippen molar-refractivity contribution < 1.29 is 19.4 Å². The lowest BCUT2D eigenvalue weighted by molar-refractivity contribution is -0.132. The van der Waals surface area contributed by atoms with Gasteiger partial charge < -0.3 is 19.6 Å². The van der Waals surface area contributed by atoms with Gasteiger partial charge in [-0.1, -0.05) is 18.5 Å². The zero-order valence-electron chi connectivity index (χ0n) is 18.4. The summed E-state index contributed by atoms with van der Waals surface area (Å²) >= 11 is 6.75. The Morgan fingerprint density at radius 2 is 2.12 bits per heavy atom. The molecule has 172 valence electrons. The predicted octanol–water partition coefficient (Wildman–Crippen LogP) is 3.14. The smallest absolute Gasteiger partial charge is 0.339 e. The molecule has 4 heterocycles. The van der Waals surface area contributed by atoms with Gasteiger partial charge in [0.15, 0.2) is 0 Å². The Hall–Kier alpha value is -2.71. The monoisotopic (exact) mass is 461 g/mol. The predicted molar refractivity (Wildman–Crippen MR) is 120 cm³/mol. The van der Waals surface area contributed by atoms with Crippen molar-refractivity contribution in [1.82, 2.24) is 15.0 Å². The Morgan fingerprint density at radius 3 is 2.78 bits per heavy atom. The Kier molecular flexibility index (Phi) is 6.35. The van der Waals surface area contributed by atoms with Crippen LogP contribution in [0.4, 0.5) is 0 Å². The summed E-state index contributed by atoms with van der Waals surface area (Å²) in [6.07, 6.45) is 7.17. The number of nitrogens with one attached hydrogen (secondary N) is 1. The number of carboxylic acids is 1. The molecule has 3 aliphatic rings. The van der Waals surface area contributed by atoms with Gasteiger partial charge in [0, 0.05) is 25.1 Å². The highest BCUT2D eigenvalue weighted by atomic mass is 35.5. The van der Waals surface area contributed by atoms with Crippen LogP contribution >= 0.6 is 11.6 Å². The van der Waals surface area contributed by atoms with E-state index in [2.05, 4.69) is 11.9 Å². The number of fused-ring (bicyclic) bond motifs is 1. The fourth-order valence-corrected chi connectivity index (χ4v) is 5.35. The molecular weight excluding hydrogens is 434 g/mol. The third-order valence-corrected chi connectivity index (χ3v) is 6.96. The number of aromatic nitrogens is 1. The molecule has 0 amide bonds. The van der Waals surface area contributed by atoms with Crippen LogP contribution in [0.25, 0.3) is 0 Å². The second-order valence-corrected chi connectivity index (χ2v) is 8.85. The topological polar surface area (TPSA) is 95.1 Å². The largest absolute Gasteiger partial charge is 0.496 e. The number of carboxylic acid groups (broad SMARTS) is 1. The summed E-state index contributed by atoms with van der Waals surface area (Å²) in [7, 11) is 1.53. The number of nitrogens with zero attached hydrogens (tertiary/aromatic N) is 2. The Bertz CT molecular complexity index is 1050. The molecule has 0 saturated carbocycles. The lowest BCUT2D eigenvalue weighted by Crippen LogP contribution is -2.48. The van der Waals surface area contributed by atoms with Gasteiger partial charge in [0.1, 0.15) is 11.3 Å². The number of aliphatic carboxylic acids is 1.